The van der Waals surface area contributed by atoms with Crippen molar-refractivity contribution in [2.45, 2.75) is 18.9 Å². The summed E-state index contributed by atoms with van der Waals surface area (Å²) in [6, 6.07) is 5.72. The van der Waals surface area contributed by atoms with Gasteiger partial charge in [0.25, 0.3) is 0 Å². The molecule has 1 N–H and O–H groups in total. The zero-order chi connectivity index (χ0) is 10.5. The Morgan fingerprint density at radius 1 is 1.33 bits per heavy atom. The fraction of sp³-hybridized carbons (Fsp3) is 0.500. The van der Waals surface area contributed by atoms with Gasteiger partial charge in [0.15, 0.2) is 11.5 Å². The summed E-state index contributed by atoms with van der Waals surface area (Å²) in [7, 11) is 0. The molecule has 2 atom stereocenters. The molecule has 3 rings (SSSR count). The molecule has 0 spiro atoms. The van der Waals surface area contributed by atoms with Crippen LogP contribution in [-0.4, -0.2) is 18.3 Å². The summed E-state index contributed by atoms with van der Waals surface area (Å²) in [6.45, 7) is 3.20. The third-order valence-corrected chi connectivity index (χ3v) is 3.31. The lowest BCUT2D eigenvalue weighted by atomic mass is 10.0. The van der Waals surface area contributed by atoms with E-state index in [2.05, 4.69) is 0 Å². The van der Waals surface area contributed by atoms with E-state index in [1.807, 2.05) is 25.1 Å². The lowest BCUT2D eigenvalue weighted by molar-refractivity contribution is 0.118. The van der Waals surface area contributed by atoms with Crippen molar-refractivity contribution in [1.29, 1.82) is 0 Å². The second-order valence-corrected chi connectivity index (χ2v) is 4.36. The van der Waals surface area contributed by atoms with Crippen LogP contribution in [0.15, 0.2) is 18.2 Å². The normalized spacial score (nSPS) is 32.5. The molecule has 0 saturated heterocycles. The molecule has 1 aliphatic heterocycles. The quantitative estimate of drug-likeness (QED) is 0.759. The molecule has 0 radical (unpaired) electrons. The number of ether oxygens (including phenoxy) is 2. The molecule has 0 aromatic heterocycles. The molecular weight excluding hydrogens is 192 g/mol. The zero-order valence-electron chi connectivity index (χ0n) is 8.69. The van der Waals surface area contributed by atoms with Gasteiger partial charge in [0, 0.05) is 5.56 Å². The van der Waals surface area contributed by atoms with Gasteiger partial charge in [-0.25, -0.2) is 0 Å². The van der Waals surface area contributed by atoms with Crippen LogP contribution in [0.2, 0.25) is 0 Å². The minimum atomic E-state index is -0.688. The molecule has 2 aliphatic rings. The molecule has 1 saturated carbocycles. The summed E-state index contributed by atoms with van der Waals surface area (Å²) in [5.41, 5.74) is 0.193. The highest BCUT2D eigenvalue weighted by atomic mass is 16.6. The first kappa shape index (κ1) is 9.04. The van der Waals surface area contributed by atoms with Crippen molar-refractivity contribution in [2.75, 3.05) is 13.2 Å². The molecule has 0 bridgehead atoms. The van der Waals surface area contributed by atoms with E-state index in [-0.39, 0.29) is 0 Å². The molecule has 1 aliphatic carbocycles. The Labute approximate surface area is 88.6 Å². The topological polar surface area (TPSA) is 38.7 Å². The molecule has 0 amide bonds. The Hall–Kier alpha value is -1.22. The third kappa shape index (κ3) is 1.23. The highest BCUT2D eigenvalue weighted by Crippen LogP contribution is 2.55. The molecule has 15 heavy (non-hydrogen) atoms. The van der Waals surface area contributed by atoms with Crippen molar-refractivity contribution < 1.29 is 14.6 Å². The van der Waals surface area contributed by atoms with E-state index in [1.54, 1.807) is 0 Å². The second kappa shape index (κ2) is 2.89. The maximum absolute atomic E-state index is 10.3. The minimum absolute atomic E-state index is 0.314. The van der Waals surface area contributed by atoms with Crippen molar-refractivity contribution >= 4 is 0 Å². The molecule has 1 heterocycles. The van der Waals surface area contributed by atoms with Crippen LogP contribution < -0.4 is 9.47 Å². The van der Waals surface area contributed by atoms with Gasteiger partial charge in [-0.3, -0.25) is 0 Å². The SMILES string of the molecule is CC1CC1(O)c1cccc2c1OCCO2. The minimum Gasteiger partial charge on any atom is -0.486 e. The largest absolute Gasteiger partial charge is 0.486 e. The molecule has 1 aromatic carbocycles. The van der Waals surface area contributed by atoms with Crippen molar-refractivity contribution in [2.24, 2.45) is 5.92 Å². The van der Waals surface area contributed by atoms with Gasteiger partial charge in [0.05, 0.1) is 5.60 Å². The predicted molar refractivity (Wildman–Crippen MR) is 55.1 cm³/mol. The maximum Gasteiger partial charge on any atom is 0.167 e. The van der Waals surface area contributed by atoms with E-state index in [1.165, 1.54) is 0 Å². The van der Waals surface area contributed by atoms with Gasteiger partial charge >= 0.3 is 0 Å². The molecule has 1 aromatic rings. The van der Waals surface area contributed by atoms with Gasteiger partial charge < -0.3 is 14.6 Å². The first-order valence-electron chi connectivity index (χ1n) is 5.33. The van der Waals surface area contributed by atoms with Crippen LogP contribution >= 0.6 is 0 Å². The Balaban J connectivity index is 2.08. The number of benzene rings is 1. The Kier molecular flexibility index (Phi) is 1.74. The number of hydrogen-bond donors (Lipinski definition) is 1. The molecule has 1 fully saturated rings. The molecule has 2 unspecified atom stereocenters. The standard InChI is InChI=1S/C12H14O3/c1-8-7-12(8,13)9-3-2-4-10-11(9)15-6-5-14-10/h2-4,8,13H,5-7H2,1H3. The van der Waals surface area contributed by atoms with Crippen LogP contribution in [0.5, 0.6) is 11.5 Å². The molecule has 3 heteroatoms. The van der Waals surface area contributed by atoms with Crippen LogP contribution in [-0.2, 0) is 5.60 Å². The van der Waals surface area contributed by atoms with Crippen LogP contribution in [0, 0.1) is 5.92 Å². The van der Waals surface area contributed by atoms with Gasteiger partial charge in [-0.05, 0) is 18.4 Å². The molecular formula is C12H14O3. The monoisotopic (exact) mass is 206 g/mol. The lowest BCUT2D eigenvalue weighted by Gasteiger charge is -2.23. The van der Waals surface area contributed by atoms with Gasteiger partial charge in [0.1, 0.15) is 13.2 Å². The molecule has 80 valence electrons. The summed E-state index contributed by atoms with van der Waals surface area (Å²) < 4.78 is 11.1. The van der Waals surface area contributed by atoms with Gasteiger partial charge in [-0.2, -0.15) is 0 Å². The average molecular weight is 206 g/mol. The number of fused-ring (bicyclic) bond motifs is 1. The lowest BCUT2D eigenvalue weighted by Crippen LogP contribution is -2.19. The van der Waals surface area contributed by atoms with Crippen molar-refractivity contribution in [1.82, 2.24) is 0 Å². The summed E-state index contributed by atoms with van der Waals surface area (Å²) in [6.07, 6.45) is 0.812. The van der Waals surface area contributed by atoms with Crippen LogP contribution in [0.25, 0.3) is 0 Å². The Morgan fingerprint density at radius 3 is 2.80 bits per heavy atom. The summed E-state index contributed by atoms with van der Waals surface area (Å²) in [4.78, 5) is 0. The Morgan fingerprint density at radius 2 is 2.07 bits per heavy atom. The average Bonchev–Trinajstić information content (AvgIpc) is 2.87. The highest BCUT2D eigenvalue weighted by Gasteiger charge is 2.53. The van der Waals surface area contributed by atoms with Crippen molar-refractivity contribution in [3.63, 3.8) is 0 Å². The first-order chi connectivity index (χ1) is 7.22. The van der Waals surface area contributed by atoms with E-state index in [0.717, 1.165) is 23.5 Å². The van der Waals surface area contributed by atoms with E-state index >= 15 is 0 Å². The van der Waals surface area contributed by atoms with Crippen molar-refractivity contribution in [3.05, 3.63) is 23.8 Å². The van der Waals surface area contributed by atoms with Crippen molar-refractivity contribution in [3.8, 4) is 11.5 Å². The predicted octanol–water partition coefficient (Wildman–Crippen LogP) is 1.69. The second-order valence-electron chi connectivity index (χ2n) is 4.36. The van der Waals surface area contributed by atoms with Gasteiger partial charge in [-0.1, -0.05) is 19.1 Å². The summed E-state index contributed by atoms with van der Waals surface area (Å²) >= 11 is 0. The van der Waals surface area contributed by atoms with E-state index in [9.17, 15) is 5.11 Å². The highest BCUT2D eigenvalue weighted by molar-refractivity contribution is 5.52. The molecule has 3 nitrogen and oxygen atoms in total. The summed E-state index contributed by atoms with van der Waals surface area (Å²) in [5, 5.41) is 10.3. The first-order valence-corrected chi connectivity index (χ1v) is 5.33. The zero-order valence-corrected chi connectivity index (χ0v) is 8.69. The van der Waals surface area contributed by atoms with E-state index < -0.39 is 5.60 Å². The smallest absolute Gasteiger partial charge is 0.167 e. The van der Waals surface area contributed by atoms with Gasteiger partial charge in [0.2, 0.25) is 0 Å². The van der Waals surface area contributed by atoms with Gasteiger partial charge in [-0.15, -0.1) is 0 Å². The maximum atomic E-state index is 10.3. The number of hydrogen-bond acceptors (Lipinski definition) is 3. The summed E-state index contributed by atoms with van der Waals surface area (Å²) in [5.74, 6) is 1.80. The number of para-hydroxylation sites is 1. The Bertz CT molecular complexity index is 402. The third-order valence-electron chi connectivity index (χ3n) is 3.31. The van der Waals surface area contributed by atoms with Crippen LogP contribution in [0.4, 0.5) is 0 Å². The number of rotatable bonds is 1. The fourth-order valence-corrected chi connectivity index (χ4v) is 2.20. The van der Waals surface area contributed by atoms with Crippen LogP contribution in [0.1, 0.15) is 18.9 Å². The number of aliphatic hydroxyl groups is 1. The fourth-order valence-electron chi connectivity index (χ4n) is 2.20. The van der Waals surface area contributed by atoms with E-state index in [4.69, 9.17) is 9.47 Å². The van der Waals surface area contributed by atoms with Crippen LogP contribution in [0.3, 0.4) is 0 Å². The van der Waals surface area contributed by atoms with E-state index in [0.29, 0.717) is 19.1 Å².